The molecule has 1 aromatic rings. The number of aromatic nitrogens is 2. The monoisotopic (exact) mass is 479 g/mol. The first-order valence-electron chi connectivity index (χ1n) is 12.0. The highest BCUT2D eigenvalue weighted by Gasteiger charge is 2.32. The third kappa shape index (κ3) is 5.91. The van der Waals surface area contributed by atoms with E-state index in [1.807, 2.05) is 4.90 Å². The molecule has 2 aliphatic heterocycles. The van der Waals surface area contributed by atoms with E-state index in [4.69, 9.17) is 4.74 Å². The summed E-state index contributed by atoms with van der Waals surface area (Å²) in [7, 11) is 0. The van der Waals surface area contributed by atoms with Crippen molar-refractivity contribution < 1.29 is 23.9 Å². The molecule has 3 heterocycles. The number of hydroxylamine groups is 2. The third-order valence-electron chi connectivity index (χ3n) is 6.98. The van der Waals surface area contributed by atoms with Gasteiger partial charge in [-0.2, -0.15) is 4.39 Å². The summed E-state index contributed by atoms with van der Waals surface area (Å²) >= 11 is 0. The molecule has 34 heavy (non-hydrogen) atoms. The molecular weight excluding hydrogens is 445 g/mol. The molecule has 12 heteroatoms. The number of ether oxygens (including phenoxy) is 1. The van der Waals surface area contributed by atoms with Crippen LogP contribution in [0.1, 0.15) is 37.9 Å². The summed E-state index contributed by atoms with van der Waals surface area (Å²) in [6.45, 7) is 5.78. The molecule has 1 aliphatic carbocycles. The SMILES string of the molecule is Cc1nc(NNC(=O)[C@H](CC2CCCC2)CN(O)C=O)c(F)c(N2CCN3CCOC[C@@H]3C2)n1. The number of halogens is 1. The molecule has 3 aliphatic rings. The lowest BCUT2D eigenvalue weighted by atomic mass is 9.92. The lowest BCUT2D eigenvalue weighted by Crippen LogP contribution is -2.58. The van der Waals surface area contributed by atoms with Crippen LogP contribution in [0.3, 0.4) is 0 Å². The van der Waals surface area contributed by atoms with Crippen LogP contribution in [0.15, 0.2) is 0 Å². The van der Waals surface area contributed by atoms with Crippen molar-refractivity contribution in [3.63, 3.8) is 0 Å². The van der Waals surface area contributed by atoms with Crippen molar-refractivity contribution in [1.82, 2.24) is 25.4 Å². The fourth-order valence-corrected chi connectivity index (χ4v) is 5.18. The number of amides is 2. The number of nitrogens with one attached hydrogen (secondary N) is 2. The predicted molar refractivity (Wildman–Crippen MR) is 122 cm³/mol. The maximum atomic E-state index is 15.4. The van der Waals surface area contributed by atoms with Crippen LogP contribution in [0, 0.1) is 24.6 Å². The molecule has 0 aromatic carbocycles. The Kier molecular flexibility index (Phi) is 8.11. The molecule has 0 spiro atoms. The van der Waals surface area contributed by atoms with Gasteiger partial charge in [0.05, 0.1) is 31.7 Å². The fraction of sp³-hybridized carbons (Fsp3) is 0.727. The summed E-state index contributed by atoms with van der Waals surface area (Å²) in [5, 5.41) is 10.1. The van der Waals surface area contributed by atoms with Gasteiger partial charge in [-0.3, -0.25) is 30.5 Å². The standard InChI is InChI=1S/C22H34FN7O4/c1-15-24-20(19(23)21(25-15)29-7-6-28-8-9-34-13-18(28)12-29)26-27-22(32)17(11-30(33)14-31)10-16-4-2-3-5-16/h14,16-18,33H,2-13H2,1H3,(H,27,32)(H,24,25,26)/t17-,18+/m1/s1. The summed E-state index contributed by atoms with van der Waals surface area (Å²) < 4.78 is 21.0. The maximum absolute atomic E-state index is 15.4. The zero-order valence-electron chi connectivity index (χ0n) is 19.6. The molecule has 1 aromatic heterocycles. The van der Waals surface area contributed by atoms with Crippen LogP contribution < -0.4 is 15.8 Å². The van der Waals surface area contributed by atoms with E-state index in [2.05, 4.69) is 25.7 Å². The molecular formula is C22H34FN7O4. The molecule has 3 N–H and O–H groups in total. The molecule has 2 saturated heterocycles. The zero-order chi connectivity index (χ0) is 24.1. The number of rotatable bonds is 9. The van der Waals surface area contributed by atoms with Crippen molar-refractivity contribution in [2.75, 3.05) is 56.3 Å². The highest BCUT2D eigenvalue weighted by atomic mass is 19.1. The molecule has 2 amide bonds. The van der Waals surface area contributed by atoms with Gasteiger partial charge in [0.15, 0.2) is 11.6 Å². The van der Waals surface area contributed by atoms with Gasteiger partial charge in [-0.25, -0.2) is 15.0 Å². The van der Waals surface area contributed by atoms with Gasteiger partial charge in [0.1, 0.15) is 5.82 Å². The molecule has 188 valence electrons. The largest absolute Gasteiger partial charge is 0.378 e. The minimum atomic E-state index is -0.639. The predicted octanol–water partition coefficient (Wildman–Crippen LogP) is 0.932. The summed E-state index contributed by atoms with van der Waals surface area (Å²) in [6, 6.07) is 0.184. The Morgan fingerprint density at radius 2 is 2.12 bits per heavy atom. The van der Waals surface area contributed by atoms with Gasteiger partial charge in [0.2, 0.25) is 18.1 Å². The average Bonchev–Trinajstić information content (AvgIpc) is 3.36. The van der Waals surface area contributed by atoms with Crippen molar-refractivity contribution >= 4 is 24.0 Å². The normalized spacial score (nSPS) is 22.2. The van der Waals surface area contributed by atoms with E-state index in [1.165, 1.54) is 0 Å². The van der Waals surface area contributed by atoms with E-state index in [1.54, 1.807) is 6.92 Å². The Hall–Kier alpha value is -2.57. The van der Waals surface area contributed by atoms with Gasteiger partial charge in [-0.15, -0.1) is 0 Å². The van der Waals surface area contributed by atoms with Crippen molar-refractivity contribution in [1.29, 1.82) is 0 Å². The summed E-state index contributed by atoms with van der Waals surface area (Å²) in [5.41, 5.74) is 5.14. The number of anilines is 2. The summed E-state index contributed by atoms with van der Waals surface area (Å²) in [6.07, 6.45) is 5.09. The zero-order valence-corrected chi connectivity index (χ0v) is 19.6. The minimum absolute atomic E-state index is 0.117. The third-order valence-corrected chi connectivity index (χ3v) is 6.98. The van der Waals surface area contributed by atoms with E-state index < -0.39 is 17.6 Å². The highest BCUT2D eigenvalue weighted by Crippen LogP contribution is 2.31. The van der Waals surface area contributed by atoms with E-state index >= 15 is 4.39 Å². The van der Waals surface area contributed by atoms with Gasteiger partial charge in [-0.05, 0) is 19.3 Å². The number of carbonyl (C=O) groups is 2. The van der Waals surface area contributed by atoms with Crippen LogP contribution >= 0.6 is 0 Å². The average molecular weight is 480 g/mol. The molecule has 2 atom stereocenters. The Balaban J connectivity index is 1.42. The second kappa shape index (κ2) is 11.2. The fourth-order valence-electron chi connectivity index (χ4n) is 5.18. The first-order valence-corrected chi connectivity index (χ1v) is 12.0. The number of nitrogens with zero attached hydrogens (tertiary/aromatic N) is 5. The Morgan fingerprint density at radius 3 is 2.88 bits per heavy atom. The van der Waals surface area contributed by atoms with Crippen LogP contribution in [0.5, 0.6) is 0 Å². The van der Waals surface area contributed by atoms with Gasteiger partial charge >= 0.3 is 0 Å². The van der Waals surface area contributed by atoms with Gasteiger partial charge in [0.25, 0.3) is 0 Å². The van der Waals surface area contributed by atoms with Crippen LogP contribution in [0.25, 0.3) is 0 Å². The van der Waals surface area contributed by atoms with Gasteiger partial charge in [0, 0.05) is 26.2 Å². The van der Waals surface area contributed by atoms with Crippen molar-refractivity contribution in [2.24, 2.45) is 11.8 Å². The lowest BCUT2D eigenvalue weighted by Gasteiger charge is -2.44. The highest BCUT2D eigenvalue weighted by molar-refractivity contribution is 5.80. The second-order valence-corrected chi connectivity index (χ2v) is 9.39. The molecule has 1 saturated carbocycles. The van der Waals surface area contributed by atoms with Crippen LogP contribution in [0.2, 0.25) is 0 Å². The number of morpholine rings is 1. The molecule has 4 rings (SSSR count). The molecule has 0 radical (unpaired) electrons. The van der Waals surface area contributed by atoms with E-state index in [9.17, 15) is 14.8 Å². The lowest BCUT2D eigenvalue weighted by molar-refractivity contribution is -0.154. The summed E-state index contributed by atoms with van der Waals surface area (Å²) in [5.74, 6) is -0.884. The molecule has 0 bridgehead atoms. The number of hydrogen-bond acceptors (Lipinski definition) is 9. The number of hydrazine groups is 1. The van der Waals surface area contributed by atoms with E-state index in [0.29, 0.717) is 49.5 Å². The smallest absolute Gasteiger partial charge is 0.243 e. The van der Waals surface area contributed by atoms with Gasteiger partial charge in [-0.1, -0.05) is 25.7 Å². The molecule has 11 nitrogen and oxygen atoms in total. The summed E-state index contributed by atoms with van der Waals surface area (Å²) in [4.78, 5) is 36.5. The van der Waals surface area contributed by atoms with E-state index in [-0.39, 0.29) is 30.6 Å². The number of aryl methyl sites for hydroxylation is 1. The molecule has 0 unspecified atom stereocenters. The first-order chi connectivity index (χ1) is 16.4. The first kappa shape index (κ1) is 24.6. The quantitative estimate of drug-likeness (QED) is 0.270. The van der Waals surface area contributed by atoms with Crippen LogP contribution in [-0.4, -0.2) is 89.4 Å². The number of carbonyl (C=O) groups excluding carboxylic acids is 2. The topological polar surface area (TPSA) is 123 Å². The molecule has 3 fully saturated rings. The van der Waals surface area contributed by atoms with E-state index in [0.717, 1.165) is 38.8 Å². The minimum Gasteiger partial charge on any atom is -0.378 e. The van der Waals surface area contributed by atoms with Crippen molar-refractivity contribution in [3.8, 4) is 0 Å². The Bertz CT molecular complexity index is 870. The maximum Gasteiger partial charge on any atom is 0.243 e. The van der Waals surface area contributed by atoms with Crippen LogP contribution in [-0.2, 0) is 14.3 Å². The number of piperazine rings is 1. The number of fused-ring (bicyclic) bond motifs is 1. The van der Waals surface area contributed by atoms with Crippen LogP contribution in [0.4, 0.5) is 16.0 Å². The van der Waals surface area contributed by atoms with Crippen molar-refractivity contribution in [3.05, 3.63) is 11.6 Å². The Morgan fingerprint density at radius 1 is 1.32 bits per heavy atom. The van der Waals surface area contributed by atoms with Gasteiger partial charge < -0.3 is 9.64 Å². The Labute approximate surface area is 198 Å². The second-order valence-electron chi connectivity index (χ2n) is 9.39. The van der Waals surface area contributed by atoms with Crippen molar-refractivity contribution in [2.45, 2.75) is 45.1 Å². The number of hydrogen-bond donors (Lipinski definition) is 3.